The summed E-state index contributed by atoms with van der Waals surface area (Å²) < 4.78 is 3.62. The summed E-state index contributed by atoms with van der Waals surface area (Å²) in [4.78, 5) is 10.5. The van der Waals surface area contributed by atoms with Gasteiger partial charge in [-0.1, -0.05) is 15.9 Å². The number of hydrogen-bond donors (Lipinski definition) is 1. The predicted octanol–water partition coefficient (Wildman–Crippen LogP) is 2.57. The second-order valence-electron chi connectivity index (χ2n) is 3.85. The van der Waals surface area contributed by atoms with E-state index in [0.717, 1.165) is 13.6 Å². The van der Waals surface area contributed by atoms with Crippen molar-refractivity contribution in [1.82, 2.24) is 20.2 Å². The lowest BCUT2D eigenvalue weighted by atomic mass is 10.2. The Morgan fingerprint density at radius 1 is 1.47 bits per heavy atom. The number of aryl methyl sites for hydroxylation is 1. The van der Waals surface area contributed by atoms with Crippen molar-refractivity contribution in [2.45, 2.75) is 19.4 Å². The van der Waals surface area contributed by atoms with E-state index in [1.165, 1.54) is 0 Å². The second kappa shape index (κ2) is 6.42. The van der Waals surface area contributed by atoms with Crippen molar-refractivity contribution in [1.29, 1.82) is 0 Å². The molecule has 0 saturated heterocycles. The summed E-state index contributed by atoms with van der Waals surface area (Å²) in [6.45, 7) is 0.483. The van der Waals surface area contributed by atoms with Gasteiger partial charge in [-0.25, -0.2) is 4.68 Å². The third kappa shape index (κ3) is 3.72. The molecule has 1 N–H and O–H groups in total. The summed E-state index contributed by atoms with van der Waals surface area (Å²) in [7, 11) is 0. The molecule has 1 heterocycles. The van der Waals surface area contributed by atoms with Crippen LogP contribution in [0.15, 0.2) is 22.7 Å². The molecule has 1 aromatic carbocycles. The summed E-state index contributed by atoms with van der Waals surface area (Å²) in [5.74, 6) is -0.164. The first-order chi connectivity index (χ1) is 9.08. The Morgan fingerprint density at radius 3 is 3.00 bits per heavy atom. The van der Waals surface area contributed by atoms with Gasteiger partial charge in [0.1, 0.15) is 0 Å². The predicted molar refractivity (Wildman–Crippen MR) is 80.5 cm³/mol. The number of rotatable bonds is 5. The summed E-state index contributed by atoms with van der Waals surface area (Å²) in [5.41, 5.74) is 0.926. The number of hydrogen-bond acceptors (Lipinski definition) is 4. The molecule has 6 nitrogen and oxygen atoms in total. The van der Waals surface area contributed by atoms with Gasteiger partial charge in [0.15, 0.2) is 5.82 Å². The van der Waals surface area contributed by atoms with E-state index in [4.69, 9.17) is 5.11 Å². The molecule has 2 rings (SSSR count). The van der Waals surface area contributed by atoms with Gasteiger partial charge >= 0.3 is 5.97 Å². The van der Waals surface area contributed by atoms with Gasteiger partial charge in [-0.05, 0) is 57.6 Å². The molecule has 0 aliphatic heterocycles. The maximum Gasteiger partial charge on any atom is 0.303 e. The van der Waals surface area contributed by atoms with Crippen LogP contribution in [0.25, 0.3) is 11.4 Å². The minimum atomic E-state index is -0.813. The molecule has 0 saturated carbocycles. The molecule has 0 radical (unpaired) electrons. The maximum atomic E-state index is 10.5. The number of tetrazole rings is 1. The molecular weight excluding hydrogens is 427 g/mol. The number of aromatic nitrogens is 4. The molecule has 0 bridgehead atoms. The Balaban J connectivity index is 2.23. The van der Waals surface area contributed by atoms with Gasteiger partial charge < -0.3 is 5.11 Å². The average molecular weight is 437 g/mol. The van der Waals surface area contributed by atoms with Crippen molar-refractivity contribution < 1.29 is 9.90 Å². The maximum absolute atomic E-state index is 10.5. The number of nitrogens with zero attached hydrogens (tertiary/aromatic N) is 4. The highest BCUT2D eigenvalue weighted by Crippen LogP contribution is 2.26. The van der Waals surface area contributed by atoms with Crippen molar-refractivity contribution >= 4 is 44.5 Å². The molecule has 0 aliphatic carbocycles. The molecule has 0 atom stereocenters. The van der Waals surface area contributed by atoms with Crippen LogP contribution in [0.5, 0.6) is 0 Å². The zero-order chi connectivity index (χ0) is 13.8. The SMILES string of the molecule is O=C(O)CCCn1nnnc1-c1cc(Br)ccc1I. The third-order valence-electron chi connectivity index (χ3n) is 2.46. The smallest absolute Gasteiger partial charge is 0.303 e. The Labute approximate surface area is 131 Å². The van der Waals surface area contributed by atoms with Crippen LogP contribution in [0, 0.1) is 3.57 Å². The lowest BCUT2D eigenvalue weighted by Crippen LogP contribution is -2.06. The molecule has 8 heteroatoms. The van der Waals surface area contributed by atoms with Crippen molar-refractivity contribution in [3.05, 3.63) is 26.2 Å². The van der Waals surface area contributed by atoms with E-state index in [1.54, 1.807) is 4.68 Å². The van der Waals surface area contributed by atoms with Gasteiger partial charge in [0.05, 0.1) is 0 Å². The first-order valence-corrected chi connectivity index (χ1v) is 7.38. The van der Waals surface area contributed by atoms with Crippen LogP contribution >= 0.6 is 38.5 Å². The van der Waals surface area contributed by atoms with E-state index in [-0.39, 0.29) is 6.42 Å². The lowest BCUT2D eigenvalue weighted by molar-refractivity contribution is -0.137. The summed E-state index contributed by atoms with van der Waals surface area (Å²) in [5, 5.41) is 20.2. The minimum Gasteiger partial charge on any atom is -0.481 e. The van der Waals surface area contributed by atoms with Gasteiger partial charge in [-0.2, -0.15) is 0 Å². The summed E-state index contributed by atoms with van der Waals surface area (Å²) >= 11 is 5.64. The Bertz CT molecular complexity index is 602. The molecule has 0 fully saturated rings. The highest BCUT2D eigenvalue weighted by atomic mass is 127. The van der Waals surface area contributed by atoms with Crippen LogP contribution in [0.4, 0.5) is 0 Å². The number of carbonyl (C=O) groups is 1. The number of aliphatic carboxylic acids is 1. The number of halogens is 2. The van der Waals surface area contributed by atoms with E-state index in [0.29, 0.717) is 18.8 Å². The fourth-order valence-electron chi connectivity index (χ4n) is 1.60. The fourth-order valence-corrected chi connectivity index (χ4v) is 2.53. The minimum absolute atomic E-state index is 0.106. The quantitative estimate of drug-likeness (QED) is 0.728. The number of benzene rings is 1. The van der Waals surface area contributed by atoms with Gasteiger partial charge in [0.2, 0.25) is 0 Å². The normalized spacial score (nSPS) is 10.6. The van der Waals surface area contributed by atoms with Crippen LogP contribution in [-0.2, 0) is 11.3 Å². The second-order valence-corrected chi connectivity index (χ2v) is 5.92. The van der Waals surface area contributed by atoms with E-state index >= 15 is 0 Å². The van der Waals surface area contributed by atoms with Gasteiger partial charge in [0.25, 0.3) is 0 Å². The third-order valence-corrected chi connectivity index (χ3v) is 3.90. The van der Waals surface area contributed by atoms with Crippen LogP contribution in [0.3, 0.4) is 0 Å². The largest absolute Gasteiger partial charge is 0.481 e. The van der Waals surface area contributed by atoms with E-state index < -0.39 is 5.97 Å². The van der Waals surface area contributed by atoms with Crippen molar-refractivity contribution in [2.24, 2.45) is 0 Å². The lowest BCUT2D eigenvalue weighted by Gasteiger charge is -2.06. The Hall–Kier alpha value is -1.03. The molecule has 0 unspecified atom stereocenters. The first-order valence-electron chi connectivity index (χ1n) is 5.51. The van der Waals surface area contributed by atoms with E-state index in [2.05, 4.69) is 54.0 Å². The molecule has 0 spiro atoms. The van der Waals surface area contributed by atoms with Gasteiger partial charge in [-0.15, -0.1) is 5.10 Å². The average Bonchev–Trinajstić information content (AvgIpc) is 2.80. The molecular formula is C11H10BrIN4O2. The van der Waals surface area contributed by atoms with Crippen LogP contribution in [0.2, 0.25) is 0 Å². The highest BCUT2D eigenvalue weighted by Gasteiger charge is 2.12. The highest BCUT2D eigenvalue weighted by molar-refractivity contribution is 14.1. The molecule has 2 aromatic rings. The van der Waals surface area contributed by atoms with Gasteiger partial charge in [0, 0.05) is 26.6 Å². The topological polar surface area (TPSA) is 80.9 Å². The number of carboxylic acid groups (broad SMARTS) is 1. The molecule has 0 aliphatic rings. The van der Waals surface area contributed by atoms with Crippen LogP contribution in [0.1, 0.15) is 12.8 Å². The monoisotopic (exact) mass is 436 g/mol. The molecule has 1 aromatic heterocycles. The zero-order valence-electron chi connectivity index (χ0n) is 9.75. The molecule has 100 valence electrons. The van der Waals surface area contributed by atoms with Crippen molar-refractivity contribution in [2.75, 3.05) is 0 Å². The van der Waals surface area contributed by atoms with Crippen LogP contribution < -0.4 is 0 Å². The van der Waals surface area contributed by atoms with Crippen molar-refractivity contribution in [3.8, 4) is 11.4 Å². The number of carboxylic acids is 1. The van der Waals surface area contributed by atoms with Crippen LogP contribution in [-0.4, -0.2) is 31.3 Å². The molecule has 19 heavy (non-hydrogen) atoms. The van der Waals surface area contributed by atoms with Crippen molar-refractivity contribution in [3.63, 3.8) is 0 Å². The van der Waals surface area contributed by atoms with E-state index in [9.17, 15) is 4.79 Å². The van der Waals surface area contributed by atoms with Gasteiger partial charge in [-0.3, -0.25) is 4.79 Å². The van der Waals surface area contributed by atoms with E-state index in [1.807, 2.05) is 18.2 Å². The Morgan fingerprint density at radius 2 is 2.26 bits per heavy atom. The zero-order valence-corrected chi connectivity index (χ0v) is 13.5. The Kier molecular flexibility index (Phi) is 4.86. The molecule has 0 amide bonds. The summed E-state index contributed by atoms with van der Waals surface area (Å²) in [6, 6.07) is 5.86. The standard InChI is InChI=1S/C11H10BrIN4O2/c12-7-3-4-9(13)8(6-7)11-14-15-16-17(11)5-1-2-10(18)19/h3-4,6H,1-2,5H2,(H,18,19). The first kappa shape index (κ1) is 14.4. The fraction of sp³-hybridized carbons (Fsp3) is 0.273. The summed E-state index contributed by atoms with van der Waals surface area (Å²) in [6.07, 6.45) is 0.604.